The van der Waals surface area contributed by atoms with E-state index in [1.807, 2.05) is 6.20 Å². The number of aryl methyl sites for hydroxylation is 1. The molecular formula is C12H20N2. The quantitative estimate of drug-likeness (QED) is 0.713. The average molecular weight is 192 g/mol. The van der Waals surface area contributed by atoms with Gasteiger partial charge in [-0.2, -0.15) is 0 Å². The summed E-state index contributed by atoms with van der Waals surface area (Å²) in [6.45, 7) is 8.68. The smallest absolute Gasteiger partial charge is 0.128 e. The van der Waals surface area contributed by atoms with E-state index in [-0.39, 0.29) is 0 Å². The number of pyridine rings is 1. The van der Waals surface area contributed by atoms with E-state index in [2.05, 4.69) is 42.8 Å². The van der Waals surface area contributed by atoms with Gasteiger partial charge in [-0.25, -0.2) is 4.98 Å². The van der Waals surface area contributed by atoms with Gasteiger partial charge in [0.1, 0.15) is 5.82 Å². The molecule has 0 fully saturated rings. The molecule has 0 bridgehead atoms. The summed E-state index contributed by atoms with van der Waals surface area (Å²) in [4.78, 5) is 6.79. The molecule has 2 nitrogen and oxygen atoms in total. The maximum absolute atomic E-state index is 4.44. The van der Waals surface area contributed by atoms with Crippen LogP contribution in [0.15, 0.2) is 18.3 Å². The first-order valence-electron chi connectivity index (χ1n) is 5.45. The van der Waals surface area contributed by atoms with E-state index < -0.39 is 0 Å². The second kappa shape index (κ2) is 5.63. The highest BCUT2D eigenvalue weighted by atomic mass is 15.2. The highest BCUT2D eigenvalue weighted by molar-refractivity contribution is 5.38. The topological polar surface area (TPSA) is 16.1 Å². The van der Waals surface area contributed by atoms with Crippen molar-refractivity contribution in [2.45, 2.75) is 33.6 Å². The summed E-state index contributed by atoms with van der Waals surface area (Å²) in [6, 6.07) is 4.24. The van der Waals surface area contributed by atoms with Gasteiger partial charge in [0.05, 0.1) is 0 Å². The Morgan fingerprint density at radius 1 is 1.14 bits per heavy atom. The third-order valence-electron chi connectivity index (χ3n) is 2.21. The molecule has 14 heavy (non-hydrogen) atoms. The minimum atomic E-state index is 1.10. The van der Waals surface area contributed by atoms with Gasteiger partial charge < -0.3 is 4.90 Å². The van der Waals surface area contributed by atoms with Gasteiger partial charge in [0, 0.05) is 19.3 Å². The van der Waals surface area contributed by atoms with Gasteiger partial charge in [-0.05, 0) is 31.4 Å². The number of nitrogens with zero attached hydrogens (tertiary/aromatic N) is 2. The summed E-state index contributed by atoms with van der Waals surface area (Å²) in [5, 5.41) is 0. The molecule has 1 heterocycles. The van der Waals surface area contributed by atoms with Crippen molar-refractivity contribution in [3.63, 3.8) is 0 Å². The molecule has 0 aliphatic heterocycles. The number of rotatable bonds is 5. The average Bonchev–Trinajstić information content (AvgIpc) is 2.19. The molecule has 0 aliphatic carbocycles. The predicted octanol–water partition coefficient (Wildman–Crippen LogP) is 3.02. The minimum Gasteiger partial charge on any atom is -0.357 e. The van der Waals surface area contributed by atoms with Crippen LogP contribution in [-0.4, -0.2) is 18.1 Å². The highest BCUT2D eigenvalue weighted by Gasteiger charge is 2.04. The summed E-state index contributed by atoms with van der Waals surface area (Å²) in [7, 11) is 0. The fraction of sp³-hybridized carbons (Fsp3) is 0.583. The van der Waals surface area contributed by atoms with Crippen molar-refractivity contribution in [2.24, 2.45) is 0 Å². The Labute approximate surface area is 87.0 Å². The third kappa shape index (κ3) is 3.02. The lowest BCUT2D eigenvalue weighted by Gasteiger charge is -2.22. The first-order valence-corrected chi connectivity index (χ1v) is 5.45. The van der Waals surface area contributed by atoms with Gasteiger partial charge in [-0.1, -0.05) is 19.9 Å². The second-order valence-corrected chi connectivity index (χ2v) is 3.68. The van der Waals surface area contributed by atoms with Crippen molar-refractivity contribution in [2.75, 3.05) is 18.0 Å². The zero-order valence-corrected chi connectivity index (χ0v) is 9.45. The maximum atomic E-state index is 4.44. The minimum absolute atomic E-state index is 1.10. The first kappa shape index (κ1) is 11.0. The molecule has 0 saturated heterocycles. The zero-order valence-electron chi connectivity index (χ0n) is 9.45. The van der Waals surface area contributed by atoms with Crippen LogP contribution < -0.4 is 4.90 Å². The summed E-state index contributed by atoms with van der Waals surface area (Å²) in [6.07, 6.45) is 4.29. The molecule has 0 spiro atoms. The van der Waals surface area contributed by atoms with Gasteiger partial charge in [-0.3, -0.25) is 0 Å². The molecule has 1 rings (SSSR count). The fourth-order valence-corrected chi connectivity index (χ4v) is 1.53. The van der Waals surface area contributed by atoms with E-state index in [0.29, 0.717) is 0 Å². The Hall–Kier alpha value is -1.05. The Morgan fingerprint density at radius 3 is 2.21 bits per heavy atom. The standard InChI is InChI=1S/C12H20N2/c1-4-8-14(9-5-2)12-7-6-11(3)10-13-12/h6-7,10H,4-5,8-9H2,1-3H3. The Morgan fingerprint density at radius 2 is 1.79 bits per heavy atom. The van der Waals surface area contributed by atoms with Crippen molar-refractivity contribution in [3.05, 3.63) is 23.9 Å². The van der Waals surface area contributed by atoms with Crippen molar-refractivity contribution in [1.82, 2.24) is 4.98 Å². The Balaban J connectivity index is 2.71. The van der Waals surface area contributed by atoms with Crippen molar-refractivity contribution < 1.29 is 0 Å². The van der Waals surface area contributed by atoms with Crippen LogP contribution in [0.4, 0.5) is 5.82 Å². The van der Waals surface area contributed by atoms with Gasteiger partial charge >= 0.3 is 0 Å². The molecule has 0 amide bonds. The predicted molar refractivity (Wildman–Crippen MR) is 61.8 cm³/mol. The summed E-state index contributed by atoms with van der Waals surface area (Å²) >= 11 is 0. The van der Waals surface area contributed by atoms with E-state index >= 15 is 0 Å². The van der Waals surface area contributed by atoms with Crippen molar-refractivity contribution in [1.29, 1.82) is 0 Å². The van der Waals surface area contributed by atoms with Crippen LogP contribution in [0.2, 0.25) is 0 Å². The van der Waals surface area contributed by atoms with Gasteiger partial charge in [0.2, 0.25) is 0 Å². The Kier molecular flexibility index (Phi) is 4.44. The van der Waals surface area contributed by atoms with E-state index in [1.165, 1.54) is 18.4 Å². The molecule has 0 N–H and O–H groups in total. The van der Waals surface area contributed by atoms with Gasteiger partial charge in [0.15, 0.2) is 0 Å². The van der Waals surface area contributed by atoms with Crippen LogP contribution in [0.1, 0.15) is 32.3 Å². The molecule has 0 unspecified atom stereocenters. The number of aromatic nitrogens is 1. The SMILES string of the molecule is CCCN(CCC)c1ccc(C)cn1. The first-order chi connectivity index (χ1) is 6.77. The van der Waals surface area contributed by atoms with Crippen LogP contribution >= 0.6 is 0 Å². The van der Waals surface area contributed by atoms with Crippen LogP contribution in [0, 0.1) is 6.92 Å². The van der Waals surface area contributed by atoms with E-state index in [0.717, 1.165) is 18.9 Å². The second-order valence-electron chi connectivity index (χ2n) is 3.68. The number of anilines is 1. The molecule has 78 valence electrons. The summed E-state index contributed by atoms with van der Waals surface area (Å²) < 4.78 is 0. The summed E-state index contributed by atoms with van der Waals surface area (Å²) in [5.74, 6) is 1.11. The Bertz CT molecular complexity index is 248. The number of hydrogen-bond acceptors (Lipinski definition) is 2. The van der Waals surface area contributed by atoms with Crippen LogP contribution in [0.5, 0.6) is 0 Å². The van der Waals surface area contributed by atoms with Gasteiger partial charge in [0.25, 0.3) is 0 Å². The molecular weight excluding hydrogens is 172 g/mol. The largest absolute Gasteiger partial charge is 0.357 e. The van der Waals surface area contributed by atoms with E-state index in [9.17, 15) is 0 Å². The lowest BCUT2D eigenvalue weighted by molar-refractivity contribution is 0.734. The van der Waals surface area contributed by atoms with E-state index in [4.69, 9.17) is 0 Å². The molecule has 1 aromatic rings. The lowest BCUT2D eigenvalue weighted by atomic mass is 10.3. The molecule has 2 heteroatoms. The molecule has 0 aliphatic rings. The van der Waals surface area contributed by atoms with Crippen molar-refractivity contribution in [3.8, 4) is 0 Å². The van der Waals surface area contributed by atoms with E-state index in [1.54, 1.807) is 0 Å². The van der Waals surface area contributed by atoms with Crippen LogP contribution in [0.3, 0.4) is 0 Å². The zero-order chi connectivity index (χ0) is 10.4. The molecule has 1 aromatic heterocycles. The molecule has 0 radical (unpaired) electrons. The highest BCUT2D eigenvalue weighted by Crippen LogP contribution is 2.11. The molecule has 0 atom stereocenters. The third-order valence-corrected chi connectivity index (χ3v) is 2.21. The van der Waals surface area contributed by atoms with Crippen LogP contribution in [0.25, 0.3) is 0 Å². The normalized spacial score (nSPS) is 10.2. The summed E-state index contributed by atoms with van der Waals surface area (Å²) in [5.41, 5.74) is 1.22. The molecule has 0 saturated carbocycles. The lowest BCUT2D eigenvalue weighted by Crippen LogP contribution is -2.25. The van der Waals surface area contributed by atoms with Crippen LogP contribution in [-0.2, 0) is 0 Å². The molecule has 0 aromatic carbocycles. The maximum Gasteiger partial charge on any atom is 0.128 e. The van der Waals surface area contributed by atoms with Gasteiger partial charge in [-0.15, -0.1) is 0 Å². The monoisotopic (exact) mass is 192 g/mol. The fourth-order valence-electron chi connectivity index (χ4n) is 1.53. The number of hydrogen-bond donors (Lipinski definition) is 0. The van der Waals surface area contributed by atoms with Crippen molar-refractivity contribution >= 4 is 5.82 Å².